The standard InChI is InChI=1S/C30H31N7O2/c1-18(31)27-28(36-22-10-13-26(38)25(14-22)29(32)33)30(39)37(17-35-27)23-11-8-20(9-12-23)24-5-3-2-4-21(24)16-34-15-19-6-7-19/h2-5,8-14,17,19,31,34,36,38H,6-7,15-16H2,1H3,(H3,32,33). The third-order valence-electron chi connectivity index (χ3n) is 6.80. The van der Waals surface area contributed by atoms with Crippen molar-refractivity contribution >= 4 is 22.9 Å². The number of aromatic nitrogens is 2. The van der Waals surface area contributed by atoms with Crippen LogP contribution in [0.2, 0.25) is 0 Å². The minimum Gasteiger partial charge on any atom is -0.507 e. The van der Waals surface area contributed by atoms with Crippen LogP contribution in [0.4, 0.5) is 11.4 Å². The molecule has 4 aromatic rings. The number of nitrogens with one attached hydrogen (secondary N) is 4. The smallest absolute Gasteiger partial charge is 0.282 e. The number of phenols is 1. The highest BCUT2D eigenvalue weighted by Crippen LogP contribution is 2.29. The van der Waals surface area contributed by atoms with Crippen molar-refractivity contribution in [2.45, 2.75) is 26.3 Å². The summed E-state index contributed by atoms with van der Waals surface area (Å²) >= 11 is 0. The lowest BCUT2D eigenvalue weighted by Gasteiger charge is -2.15. The molecule has 7 N–H and O–H groups in total. The Hall–Kier alpha value is -4.76. The summed E-state index contributed by atoms with van der Waals surface area (Å²) in [6.45, 7) is 3.41. The van der Waals surface area contributed by atoms with Crippen LogP contribution in [0.25, 0.3) is 16.8 Å². The summed E-state index contributed by atoms with van der Waals surface area (Å²) in [4.78, 5) is 18.0. The van der Waals surface area contributed by atoms with Crippen molar-refractivity contribution in [3.05, 3.63) is 100 Å². The molecule has 0 bridgehead atoms. The van der Waals surface area contributed by atoms with Gasteiger partial charge in [-0.15, -0.1) is 0 Å². The Balaban J connectivity index is 1.45. The van der Waals surface area contributed by atoms with Crippen LogP contribution in [0.15, 0.2) is 77.9 Å². The Morgan fingerprint density at radius 2 is 1.85 bits per heavy atom. The van der Waals surface area contributed by atoms with Crippen molar-refractivity contribution in [1.29, 1.82) is 10.8 Å². The predicted octanol–water partition coefficient (Wildman–Crippen LogP) is 4.52. The molecule has 3 aromatic carbocycles. The van der Waals surface area contributed by atoms with Crippen LogP contribution < -0.4 is 21.9 Å². The van der Waals surface area contributed by atoms with Crippen LogP contribution in [0.1, 0.15) is 36.6 Å². The largest absolute Gasteiger partial charge is 0.507 e. The van der Waals surface area contributed by atoms with Crippen LogP contribution in [-0.2, 0) is 6.54 Å². The van der Waals surface area contributed by atoms with E-state index in [9.17, 15) is 9.90 Å². The Labute approximate surface area is 226 Å². The van der Waals surface area contributed by atoms with Gasteiger partial charge >= 0.3 is 0 Å². The van der Waals surface area contributed by atoms with Gasteiger partial charge in [-0.1, -0.05) is 36.4 Å². The second-order valence-electron chi connectivity index (χ2n) is 9.82. The van der Waals surface area contributed by atoms with Gasteiger partial charge in [0.15, 0.2) is 0 Å². The molecule has 1 saturated carbocycles. The van der Waals surface area contributed by atoms with E-state index in [4.69, 9.17) is 16.6 Å². The molecule has 0 amide bonds. The quantitative estimate of drug-likeness (QED) is 0.102. The van der Waals surface area contributed by atoms with Crippen molar-refractivity contribution in [1.82, 2.24) is 14.9 Å². The fourth-order valence-corrected chi connectivity index (χ4v) is 4.50. The summed E-state index contributed by atoms with van der Waals surface area (Å²) in [6, 6.07) is 20.5. The lowest BCUT2D eigenvalue weighted by molar-refractivity contribution is 0.474. The Kier molecular flexibility index (Phi) is 7.25. The first-order chi connectivity index (χ1) is 18.8. The highest BCUT2D eigenvalue weighted by molar-refractivity contribution is 6.01. The number of phenolic OH excluding ortho intramolecular Hbond substituents is 1. The molecular formula is C30H31N7O2. The second-order valence-corrected chi connectivity index (χ2v) is 9.82. The molecule has 198 valence electrons. The summed E-state index contributed by atoms with van der Waals surface area (Å²) in [6.07, 6.45) is 4.05. The van der Waals surface area contributed by atoms with Crippen LogP contribution in [0.3, 0.4) is 0 Å². The number of amidine groups is 1. The molecule has 0 aliphatic heterocycles. The molecule has 9 nitrogen and oxygen atoms in total. The van der Waals surface area contributed by atoms with Crippen molar-refractivity contribution < 1.29 is 5.11 Å². The molecule has 1 aliphatic carbocycles. The van der Waals surface area contributed by atoms with Gasteiger partial charge in [-0.25, -0.2) is 4.98 Å². The molecule has 0 radical (unpaired) electrons. The van der Waals surface area contributed by atoms with E-state index >= 15 is 0 Å². The van der Waals surface area contributed by atoms with Gasteiger partial charge in [0.2, 0.25) is 0 Å². The Morgan fingerprint density at radius 3 is 2.54 bits per heavy atom. The van der Waals surface area contributed by atoms with Gasteiger partial charge in [0, 0.05) is 12.2 Å². The number of anilines is 2. The first-order valence-electron chi connectivity index (χ1n) is 12.8. The summed E-state index contributed by atoms with van der Waals surface area (Å²) < 4.78 is 1.42. The zero-order valence-electron chi connectivity index (χ0n) is 21.7. The molecular weight excluding hydrogens is 490 g/mol. The van der Waals surface area contributed by atoms with Gasteiger partial charge in [-0.2, -0.15) is 0 Å². The second kappa shape index (κ2) is 10.9. The van der Waals surface area contributed by atoms with E-state index in [0.717, 1.165) is 30.1 Å². The Morgan fingerprint density at radius 1 is 1.10 bits per heavy atom. The molecule has 1 fully saturated rings. The highest BCUT2D eigenvalue weighted by atomic mass is 16.3. The maximum atomic E-state index is 13.6. The average Bonchev–Trinajstić information content (AvgIpc) is 3.75. The van der Waals surface area contributed by atoms with Gasteiger partial charge in [0.05, 0.1) is 17.0 Å². The first-order valence-corrected chi connectivity index (χ1v) is 12.8. The third kappa shape index (κ3) is 5.73. The molecule has 0 saturated heterocycles. The molecule has 1 aromatic heterocycles. The Bertz CT molecular complexity index is 1600. The molecule has 0 unspecified atom stereocenters. The first kappa shape index (κ1) is 25.9. The summed E-state index contributed by atoms with van der Waals surface area (Å²) in [5.41, 5.74) is 10.2. The zero-order chi connectivity index (χ0) is 27.5. The van der Waals surface area contributed by atoms with E-state index in [2.05, 4.69) is 27.8 Å². The van der Waals surface area contributed by atoms with Crippen LogP contribution in [-0.4, -0.2) is 32.7 Å². The molecule has 0 spiro atoms. The number of aromatic hydroxyl groups is 1. The van der Waals surface area contributed by atoms with Gasteiger partial charge in [-0.3, -0.25) is 14.8 Å². The number of benzene rings is 3. The lowest BCUT2D eigenvalue weighted by atomic mass is 9.99. The number of rotatable bonds is 10. The van der Waals surface area contributed by atoms with Gasteiger partial charge in [0.25, 0.3) is 5.56 Å². The van der Waals surface area contributed by atoms with Crippen LogP contribution in [0, 0.1) is 16.7 Å². The van der Waals surface area contributed by atoms with Gasteiger partial charge in [0.1, 0.15) is 29.3 Å². The summed E-state index contributed by atoms with van der Waals surface area (Å²) in [5, 5.41) is 32.4. The number of nitrogens with zero attached hydrogens (tertiary/aromatic N) is 2. The zero-order valence-corrected chi connectivity index (χ0v) is 21.7. The van der Waals surface area contributed by atoms with Crippen LogP contribution in [0.5, 0.6) is 5.75 Å². The highest BCUT2D eigenvalue weighted by Gasteiger charge is 2.20. The van der Waals surface area contributed by atoms with E-state index < -0.39 is 0 Å². The molecule has 1 heterocycles. The van der Waals surface area contributed by atoms with E-state index in [1.54, 1.807) is 13.0 Å². The fraction of sp³-hybridized carbons (Fsp3) is 0.200. The maximum absolute atomic E-state index is 13.6. The number of nitrogens with two attached hydrogens (primary N) is 1. The minimum absolute atomic E-state index is 0.112. The topological polar surface area (TPSA) is 153 Å². The fourth-order valence-electron chi connectivity index (χ4n) is 4.50. The van der Waals surface area contributed by atoms with E-state index in [0.29, 0.717) is 11.4 Å². The molecule has 1 aliphatic rings. The third-order valence-corrected chi connectivity index (χ3v) is 6.80. The summed E-state index contributed by atoms with van der Waals surface area (Å²) in [5.74, 6) is 0.375. The summed E-state index contributed by atoms with van der Waals surface area (Å²) in [7, 11) is 0. The molecule has 0 atom stereocenters. The monoisotopic (exact) mass is 521 g/mol. The van der Waals surface area contributed by atoms with E-state index in [1.807, 2.05) is 36.4 Å². The predicted molar refractivity (Wildman–Crippen MR) is 155 cm³/mol. The maximum Gasteiger partial charge on any atom is 0.282 e. The number of nitrogen functional groups attached to an aromatic ring is 1. The van der Waals surface area contributed by atoms with Gasteiger partial charge < -0.3 is 26.9 Å². The van der Waals surface area contributed by atoms with E-state index in [-0.39, 0.29) is 39.8 Å². The number of hydrogen-bond acceptors (Lipinski definition) is 7. The average molecular weight is 522 g/mol. The van der Waals surface area contributed by atoms with Crippen molar-refractivity contribution in [2.24, 2.45) is 11.7 Å². The van der Waals surface area contributed by atoms with E-state index in [1.165, 1.54) is 41.4 Å². The molecule has 9 heteroatoms. The van der Waals surface area contributed by atoms with Crippen molar-refractivity contribution in [3.63, 3.8) is 0 Å². The lowest BCUT2D eigenvalue weighted by Crippen LogP contribution is -2.25. The van der Waals surface area contributed by atoms with Crippen LogP contribution >= 0.6 is 0 Å². The number of hydrogen-bond donors (Lipinski definition) is 6. The SMILES string of the molecule is CC(=N)c1ncn(-c2ccc(-c3ccccc3CNCC3CC3)cc2)c(=O)c1Nc1ccc(O)c(C(=N)N)c1. The van der Waals surface area contributed by atoms with Gasteiger partial charge in [-0.05, 0) is 79.3 Å². The molecule has 5 rings (SSSR count). The molecule has 39 heavy (non-hydrogen) atoms. The minimum atomic E-state index is -0.388. The normalized spacial score (nSPS) is 12.7. The van der Waals surface area contributed by atoms with Crippen molar-refractivity contribution in [3.8, 4) is 22.6 Å². The van der Waals surface area contributed by atoms with Crippen molar-refractivity contribution in [2.75, 3.05) is 11.9 Å².